The Bertz CT molecular complexity index is 961. The number of halogens is 1. The normalized spacial score (nSPS) is 11.7. The zero-order valence-electron chi connectivity index (χ0n) is 15.7. The molecule has 2 N–H and O–H groups in total. The van der Waals surface area contributed by atoms with Crippen LogP contribution >= 0.6 is 11.6 Å². The molecule has 0 unspecified atom stereocenters. The fourth-order valence-electron chi connectivity index (χ4n) is 2.70. The lowest BCUT2D eigenvalue weighted by Gasteiger charge is -2.10. The summed E-state index contributed by atoms with van der Waals surface area (Å²) in [5, 5.41) is 15.5. The zero-order valence-corrected chi connectivity index (χ0v) is 16.5. The van der Waals surface area contributed by atoms with E-state index < -0.39 is 0 Å². The van der Waals surface area contributed by atoms with Crippen molar-refractivity contribution in [2.24, 2.45) is 12.0 Å². The van der Waals surface area contributed by atoms with Gasteiger partial charge in [-0.2, -0.15) is 10.1 Å². The van der Waals surface area contributed by atoms with Gasteiger partial charge in [-0.1, -0.05) is 28.9 Å². The van der Waals surface area contributed by atoms with Gasteiger partial charge >= 0.3 is 0 Å². The average molecular weight is 388 g/mol. The van der Waals surface area contributed by atoms with Crippen molar-refractivity contribution in [3.05, 3.63) is 52.1 Å². The lowest BCUT2D eigenvalue weighted by atomic mass is 10.2. The molecule has 0 saturated heterocycles. The summed E-state index contributed by atoms with van der Waals surface area (Å²) in [5.41, 5.74) is 4.09. The van der Waals surface area contributed by atoms with Gasteiger partial charge in [0.05, 0.1) is 12.2 Å². The van der Waals surface area contributed by atoms with Gasteiger partial charge in [0.1, 0.15) is 0 Å². The molecule has 3 aromatic rings. The maximum Gasteiger partial charge on any atom is 0.246 e. The predicted octanol–water partition coefficient (Wildman–Crippen LogP) is 2.61. The lowest BCUT2D eigenvalue weighted by Crippen LogP contribution is -2.36. The molecular formula is C18H22ClN7O. The van der Waals surface area contributed by atoms with Crippen molar-refractivity contribution in [1.82, 2.24) is 30.6 Å². The van der Waals surface area contributed by atoms with Gasteiger partial charge in [-0.25, -0.2) is 0 Å². The molecule has 0 aliphatic heterocycles. The summed E-state index contributed by atoms with van der Waals surface area (Å²) in [5.74, 6) is 1.60. The summed E-state index contributed by atoms with van der Waals surface area (Å²) in [6.45, 7) is 5.03. The highest BCUT2D eigenvalue weighted by Gasteiger charge is 2.12. The van der Waals surface area contributed by atoms with Crippen LogP contribution < -0.4 is 10.6 Å². The molecule has 2 aromatic heterocycles. The van der Waals surface area contributed by atoms with Gasteiger partial charge in [0, 0.05) is 42.5 Å². The SMILES string of the molecule is CN=C(NCc1nc(-c2cccc(Cl)c2)no1)NCc1c(C)nn(C)c1C. The minimum Gasteiger partial charge on any atom is -0.352 e. The van der Waals surface area contributed by atoms with E-state index in [9.17, 15) is 0 Å². The zero-order chi connectivity index (χ0) is 19.4. The van der Waals surface area contributed by atoms with Crippen molar-refractivity contribution in [3.63, 3.8) is 0 Å². The van der Waals surface area contributed by atoms with Gasteiger partial charge in [-0.3, -0.25) is 9.67 Å². The Morgan fingerprint density at radius 2 is 2.04 bits per heavy atom. The van der Waals surface area contributed by atoms with Crippen molar-refractivity contribution >= 4 is 17.6 Å². The molecule has 0 fully saturated rings. The first-order valence-electron chi connectivity index (χ1n) is 8.50. The molecular weight excluding hydrogens is 366 g/mol. The Labute approximate surface area is 162 Å². The van der Waals surface area contributed by atoms with E-state index in [-0.39, 0.29) is 0 Å². The van der Waals surface area contributed by atoms with Crippen molar-refractivity contribution in [2.45, 2.75) is 26.9 Å². The monoisotopic (exact) mass is 387 g/mol. The minimum absolute atomic E-state index is 0.359. The van der Waals surface area contributed by atoms with E-state index in [4.69, 9.17) is 16.1 Å². The molecule has 1 aromatic carbocycles. The molecule has 8 nitrogen and oxygen atoms in total. The largest absolute Gasteiger partial charge is 0.352 e. The van der Waals surface area contributed by atoms with Crippen LogP contribution in [0.4, 0.5) is 0 Å². The number of benzene rings is 1. The van der Waals surface area contributed by atoms with Crippen LogP contribution in [0.3, 0.4) is 0 Å². The van der Waals surface area contributed by atoms with E-state index in [0.717, 1.165) is 22.5 Å². The molecule has 0 radical (unpaired) electrons. The van der Waals surface area contributed by atoms with Crippen LogP contribution in [0.2, 0.25) is 5.02 Å². The summed E-state index contributed by atoms with van der Waals surface area (Å²) in [6.07, 6.45) is 0. The molecule has 3 rings (SSSR count). The third kappa shape index (κ3) is 4.46. The third-order valence-electron chi connectivity index (χ3n) is 4.27. The number of nitrogens with zero attached hydrogens (tertiary/aromatic N) is 5. The number of nitrogens with one attached hydrogen (secondary N) is 2. The van der Waals surface area contributed by atoms with Crippen molar-refractivity contribution in [2.75, 3.05) is 7.05 Å². The Hall–Kier alpha value is -2.87. The van der Waals surface area contributed by atoms with Crippen LogP contribution in [0.5, 0.6) is 0 Å². The van der Waals surface area contributed by atoms with Crippen LogP contribution in [-0.4, -0.2) is 32.9 Å². The number of hydrogen-bond donors (Lipinski definition) is 2. The van der Waals surface area contributed by atoms with Crippen LogP contribution in [-0.2, 0) is 20.1 Å². The molecule has 0 bridgehead atoms. The highest BCUT2D eigenvalue weighted by Crippen LogP contribution is 2.19. The maximum atomic E-state index is 6.00. The summed E-state index contributed by atoms with van der Waals surface area (Å²) in [4.78, 5) is 8.60. The fraction of sp³-hybridized carbons (Fsp3) is 0.333. The van der Waals surface area contributed by atoms with E-state index in [1.807, 2.05) is 37.7 Å². The van der Waals surface area contributed by atoms with Gasteiger partial charge in [-0.05, 0) is 26.0 Å². The van der Waals surface area contributed by atoms with Crippen molar-refractivity contribution < 1.29 is 4.52 Å². The van der Waals surface area contributed by atoms with Crippen molar-refractivity contribution in [1.29, 1.82) is 0 Å². The van der Waals surface area contributed by atoms with Gasteiger partial charge in [-0.15, -0.1) is 0 Å². The van der Waals surface area contributed by atoms with Gasteiger partial charge in [0.2, 0.25) is 11.7 Å². The van der Waals surface area contributed by atoms with E-state index in [1.165, 1.54) is 0 Å². The first-order valence-corrected chi connectivity index (χ1v) is 8.88. The third-order valence-corrected chi connectivity index (χ3v) is 4.51. The smallest absolute Gasteiger partial charge is 0.246 e. The second kappa shape index (κ2) is 8.22. The molecule has 9 heteroatoms. The Morgan fingerprint density at radius 1 is 1.26 bits per heavy atom. The number of aliphatic imine (C=N–C) groups is 1. The second-order valence-corrected chi connectivity index (χ2v) is 6.51. The first kappa shape index (κ1) is 18.9. The number of aryl methyl sites for hydroxylation is 2. The summed E-state index contributed by atoms with van der Waals surface area (Å²) in [6, 6.07) is 7.32. The predicted molar refractivity (Wildman–Crippen MR) is 104 cm³/mol. The number of aromatic nitrogens is 4. The van der Waals surface area contributed by atoms with Gasteiger partial charge in [0.15, 0.2) is 5.96 Å². The highest BCUT2D eigenvalue weighted by atomic mass is 35.5. The highest BCUT2D eigenvalue weighted by molar-refractivity contribution is 6.30. The number of guanidine groups is 1. The first-order chi connectivity index (χ1) is 13.0. The second-order valence-electron chi connectivity index (χ2n) is 6.07. The Morgan fingerprint density at radius 3 is 2.70 bits per heavy atom. The lowest BCUT2D eigenvalue weighted by molar-refractivity contribution is 0.375. The molecule has 0 aliphatic carbocycles. The molecule has 27 heavy (non-hydrogen) atoms. The Kier molecular flexibility index (Phi) is 5.75. The number of hydrogen-bond acceptors (Lipinski definition) is 5. The standard InChI is InChI=1S/C18H22ClN7O/c1-11-15(12(2)26(4)24-11)9-21-18(20-3)22-10-16-23-17(25-27-16)13-6-5-7-14(19)8-13/h5-8H,9-10H2,1-4H3,(H2,20,21,22). The van der Waals surface area contributed by atoms with E-state index >= 15 is 0 Å². The molecule has 0 spiro atoms. The van der Waals surface area contributed by atoms with Crippen LogP contribution in [0.1, 0.15) is 22.8 Å². The quantitative estimate of drug-likeness (QED) is 0.516. The van der Waals surface area contributed by atoms with Crippen molar-refractivity contribution in [3.8, 4) is 11.4 Å². The van der Waals surface area contributed by atoms with E-state index in [1.54, 1.807) is 19.2 Å². The van der Waals surface area contributed by atoms with Gasteiger partial charge < -0.3 is 15.2 Å². The van der Waals surface area contributed by atoms with E-state index in [0.29, 0.717) is 35.8 Å². The molecule has 0 atom stereocenters. The van der Waals surface area contributed by atoms with Crippen LogP contribution in [0.25, 0.3) is 11.4 Å². The minimum atomic E-state index is 0.359. The summed E-state index contributed by atoms with van der Waals surface area (Å²) < 4.78 is 7.17. The van der Waals surface area contributed by atoms with Crippen LogP contribution in [0.15, 0.2) is 33.8 Å². The van der Waals surface area contributed by atoms with E-state index in [2.05, 4.69) is 30.9 Å². The maximum absolute atomic E-state index is 6.00. The molecule has 2 heterocycles. The molecule has 0 amide bonds. The summed E-state index contributed by atoms with van der Waals surface area (Å²) >= 11 is 6.00. The van der Waals surface area contributed by atoms with Gasteiger partial charge in [0.25, 0.3) is 0 Å². The fourth-order valence-corrected chi connectivity index (χ4v) is 2.89. The topological polar surface area (TPSA) is 93.2 Å². The number of rotatable bonds is 5. The van der Waals surface area contributed by atoms with Crippen LogP contribution in [0, 0.1) is 13.8 Å². The molecule has 0 aliphatic rings. The molecule has 0 saturated carbocycles. The Balaban J connectivity index is 1.58. The average Bonchev–Trinajstić information content (AvgIpc) is 3.21. The summed E-state index contributed by atoms with van der Waals surface area (Å²) in [7, 11) is 3.65. The molecule has 142 valence electrons.